The van der Waals surface area contributed by atoms with Crippen LogP contribution in [0, 0.1) is 6.92 Å². The van der Waals surface area contributed by atoms with Gasteiger partial charge in [0.1, 0.15) is 5.75 Å². The number of hydrogen-bond donors (Lipinski definition) is 1. The van der Waals surface area contributed by atoms with Gasteiger partial charge in [0.25, 0.3) is 5.91 Å². The fourth-order valence-corrected chi connectivity index (χ4v) is 3.78. The van der Waals surface area contributed by atoms with Crippen molar-refractivity contribution in [2.75, 3.05) is 5.32 Å². The van der Waals surface area contributed by atoms with Crippen molar-refractivity contribution in [2.24, 2.45) is 0 Å². The van der Waals surface area contributed by atoms with Gasteiger partial charge in [0.15, 0.2) is 10.4 Å². The van der Waals surface area contributed by atoms with Crippen LogP contribution >= 0.6 is 23.1 Å². The Kier molecular flexibility index (Phi) is 6.41. The van der Waals surface area contributed by atoms with E-state index in [1.54, 1.807) is 11.8 Å². The Bertz CT molecular complexity index is 641. The van der Waals surface area contributed by atoms with Crippen molar-refractivity contribution in [1.29, 1.82) is 0 Å². The molecule has 1 atom stereocenters. The molecule has 7 heteroatoms. The van der Waals surface area contributed by atoms with E-state index >= 15 is 0 Å². The number of carbonyl (C=O) groups excluding carboxylic acids is 1. The standard InChI is InChI=1S/C16H21N3O2S2/c1-5-13(21-12-8-6-11(4)7-9-12)14(20)17-15-18-19-16(23-15)22-10(2)3/h6-10,13H,5H2,1-4H3,(H,17,18,20)/t13-/m0/s1. The van der Waals surface area contributed by atoms with Crippen molar-refractivity contribution in [3.63, 3.8) is 0 Å². The second-order valence-corrected chi connectivity index (χ2v) is 8.16. The summed E-state index contributed by atoms with van der Waals surface area (Å²) in [7, 11) is 0. The molecule has 0 bridgehead atoms. The highest BCUT2D eigenvalue weighted by Gasteiger charge is 2.20. The summed E-state index contributed by atoms with van der Waals surface area (Å²) < 4.78 is 6.61. The minimum absolute atomic E-state index is 0.203. The molecule has 0 aliphatic carbocycles. The molecular formula is C16H21N3O2S2. The van der Waals surface area contributed by atoms with E-state index in [-0.39, 0.29) is 5.91 Å². The van der Waals surface area contributed by atoms with Gasteiger partial charge < -0.3 is 4.74 Å². The van der Waals surface area contributed by atoms with E-state index in [1.165, 1.54) is 11.3 Å². The molecule has 2 aromatic rings. The molecule has 0 aliphatic rings. The third-order valence-corrected chi connectivity index (χ3v) is 4.86. The maximum absolute atomic E-state index is 12.3. The van der Waals surface area contributed by atoms with Crippen molar-refractivity contribution in [1.82, 2.24) is 10.2 Å². The molecule has 0 saturated heterocycles. The predicted molar refractivity (Wildman–Crippen MR) is 95.4 cm³/mol. The maximum atomic E-state index is 12.3. The Balaban J connectivity index is 1.96. The van der Waals surface area contributed by atoms with E-state index in [0.29, 0.717) is 22.6 Å². The lowest BCUT2D eigenvalue weighted by molar-refractivity contribution is -0.122. The summed E-state index contributed by atoms with van der Waals surface area (Å²) in [6.07, 6.45) is 0.0226. The van der Waals surface area contributed by atoms with E-state index in [1.807, 2.05) is 38.1 Å². The number of aromatic nitrogens is 2. The maximum Gasteiger partial charge on any atom is 0.267 e. The van der Waals surface area contributed by atoms with E-state index < -0.39 is 6.10 Å². The Hall–Kier alpha value is -1.60. The molecule has 1 aromatic carbocycles. The van der Waals surface area contributed by atoms with Gasteiger partial charge in [0, 0.05) is 5.25 Å². The molecule has 2 rings (SSSR count). The van der Waals surface area contributed by atoms with E-state index in [2.05, 4.69) is 29.4 Å². The lowest BCUT2D eigenvalue weighted by Gasteiger charge is -2.16. The van der Waals surface area contributed by atoms with Crippen LogP contribution < -0.4 is 10.1 Å². The average molecular weight is 351 g/mol. The van der Waals surface area contributed by atoms with Crippen LogP contribution in [-0.2, 0) is 4.79 Å². The molecule has 1 aromatic heterocycles. The van der Waals surface area contributed by atoms with Gasteiger partial charge in [-0.25, -0.2) is 0 Å². The molecule has 1 amide bonds. The fourth-order valence-electron chi connectivity index (χ4n) is 1.80. The molecule has 0 fully saturated rings. The summed E-state index contributed by atoms with van der Waals surface area (Å²) in [4.78, 5) is 12.3. The first-order valence-electron chi connectivity index (χ1n) is 7.52. The van der Waals surface area contributed by atoms with Gasteiger partial charge in [0.05, 0.1) is 0 Å². The van der Waals surface area contributed by atoms with E-state index in [9.17, 15) is 4.79 Å². The lowest BCUT2D eigenvalue weighted by atomic mass is 10.2. The smallest absolute Gasteiger partial charge is 0.267 e. The second kappa shape index (κ2) is 8.31. The second-order valence-electron chi connectivity index (χ2n) is 5.36. The summed E-state index contributed by atoms with van der Waals surface area (Å²) >= 11 is 3.01. The molecule has 5 nitrogen and oxygen atoms in total. The number of nitrogens with one attached hydrogen (secondary N) is 1. The lowest BCUT2D eigenvalue weighted by Crippen LogP contribution is -2.32. The summed E-state index contributed by atoms with van der Waals surface area (Å²) in [5.41, 5.74) is 1.15. The van der Waals surface area contributed by atoms with Crippen LogP contribution in [0.5, 0.6) is 5.75 Å². The van der Waals surface area contributed by atoms with Gasteiger partial charge in [-0.2, -0.15) is 0 Å². The molecule has 23 heavy (non-hydrogen) atoms. The Morgan fingerprint density at radius 1 is 1.30 bits per heavy atom. The summed E-state index contributed by atoms with van der Waals surface area (Å²) in [5, 5.41) is 11.8. The van der Waals surface area contributed by atoms with E-state index in [4.69, 9.17) is 4.74 Å². The minimum Gasteiger partial charge on any atom is -0.481 e. The number of hydrogen-bond acceptors (Lipinski definition) is 6. The first kappa shape index (κ1) is 17.7. The highest BCUT2D eigenvalue weighted by Crippen LogP contribution is 2.28. The minimum atomic E-state index is -0.553. The number of carbonyl (C=O) groups is 1. The van der Waals surface area contributed by atoms with Crippen molar-refractivity contribution in [3.05, 3.63) is 29.8 Å². The van der Waals surface area contributed by atoms with Gasteiger partial charge in [-0.15, -0.1) is 10.2 Å². The van der Waals surface area contributed by atoms with Gasteiger partial charge in [-0.1, -0.05) is 61.6 Å². The van der Waals surface area contributed by atoms with Crippen LogP contribution in [0.4, 0.5) is 5.13 Å². The number of thioether (sulfide) groups is 1. The zero-order valence-electron chi connectivity index (χ0n) is 13.7. The van der Waals surface area contributed by atoms with Crippen LogP contribution in [0.25, 0.3) is 0 Å². The highest BCUT2D eigenvalue weighted by molar-refractivity contribution is 8.01. The third-order valence-electron chi connectivity index (χ3n) is 2.94. The molecule has 0 saturated carbocycles. The molecule has 0 spiro atoms. The molecule has 124 valence electrons. The first-order valence-corrected chi connectivity index (χ1v) is 9.22. The fraction of sp³-hybridized carbons (Fsp3) is 0.438. The van der Waals surface area contributed by atoms with Crippen LogP contribution in [0.1, 0.15) is 32.8 Å². The Morgan fingerprint density at radius 3 is 2.61 bits per heavy atom. The summed E-state index contributed by atoms with van der Waals surface area (Å²) in [6, 6.07) is 7.65. The zero-order valence-corrected chi connectivity index (χ0v) is 15.3. The Labute approximate surface area is 144 Å². The number of benzene rings is 1. The predicted octanol–water partition coefficient (Wildman–Crippen LogP) is 4.14. The summed E-state index contributed by atoms with van der Waals surface area (Å²) in [5.74, 6) is 0.483. The molecule has 0 aliphatic heterocycles. The molecule has 1 N–H and O–H groups in total. The summed E-state index contributed by atoms with van der Waals surface area (Å²) in [6.45, 7) is 8.11. The molecular weight excluding hydrogens is 330 g/mol. The van der Waals surface area contributed by atoms with Gasteiger partial charge in [-0.3, -0.25) is 10.1 Å². The van der Waals surface area contributed by atoms with Crippen molar-refractivity contribution < 1.29 is 9.53 Å². The number of aryl methyl sites for hydroxylation is 1. The van der Waals surface area contributed by atoms with Crippen LogP contribution in [-0.4, -0.2) is 27.5 Å². The number of anilines is 1. The van der Waals surface area contributed by atoms with Crippen LogP contribution in [0.2, 0.25) is 0 Å². The first-order chi connectivity index (χ1) is 11.0. The quantitative estimate of drug-likeness (QED) is 0.600. The average Bonchev–Trinajstić information content (AvgIpc) is 2.92. The topological polar surface area (TPSA) is 64.1 Å². The normalized spacial score (nSPS) is 12.2. The molecule has 0 unspecified atom stereocenters. The number of rotatable bonds is 7. The Morgan fingerprint density at radius 2 is 2.00 bits per heavy atom. The number of amides is 1. The number of nitrogens with zero attached hydrogens (tertiary/aromatic N) is 2. The van der Waals surface area contributed by atoms with Gasteiger partial charge >= 0.3 is 0 Å². The van der Waals surface area contributed by atoms with Crippen LogP contribution in [0.3, 0.4) is 0 Å². The molecule has 1 heterocycles. The van der Waals surface area contributed by atoms with Crippen molar-refractivity contribution >= 4 is 34.1 Å². The largest absolute Gasteiger partial charge is 0.481 e. The van der Waals surface area contributed by atoms with Crippen molar-refractivity contribution in [2.45, 2.75) is 49.8 Å². The monoisotopic (exact) mass is 351 g/mol. The van der Waals surface area contributed by atoms with Gasteiger partial charge in [-0.05, 0) is 25.5 Å². The zero-order chi connectivity index (χ0) is 16.8. The number of ether oxygens (including phenoxy) is 1. The van der Waals surface area contributed by atoms with Crippen LogP contribution in [0.15, 0.2) is 28.6 Å². The highest BCUT2D eigenvalue weighted by atomic mass is 32.2. The van der Waals surface area contributed by atoms with Gasteiger partial charge in [0.2, 0.25) is 5.13 Å². The van der Waals surface area contributed by atoms with E-state index in [0.717, 1.165) is 9.90 Å². The van der Waals surface area contributed by atoms with Crippen molar-refractivity contribution in [3.8, 4) is 5.75 Å². The third kappa shape index (κ3) is 5.51. The molecule has 0 radical (unpaired) electrons. The SMILES string of the molecule is CC[C@H](Oc1ccc(C)cc1)C(=O)Nc1nnc(SC(C)C)s1.